The molecular weight excluding hydrogens is 194 g/mol. The van der Waals surface area contributed by atoms with E-state index in [4.69, 9.17) is 11.6 Å². The molecule has 0 aromatic heterocycles. The zero-order valence-corrected chi connectivity index (χ0v) is 10.4. The third kappa shape index (κ3) is 3.78. The summed E-state index contributed by atoms with van der Waals surface area (Å²) in [4.78, 5) is 0. The van der Waals surface area contributed by atoms with Crippen LogP contribution in [0.1, 0.15) is 52.4 Å². The highest BCUT2D eigenvalue weighted by Crippen LogP contribution is 2.25. The topological polar surface area (TPSA) is 12.0 Å². The van der Waals surface area contributed by atoms with Crippen molar-refractivity contribution in [2.75, 3.05) is 12.4 Å². The summed E-state index contributed by atoms with van der Waals surface area (Å²) < 4.78 is 0. The van der Waals surface area contributed by atoms with Crippen molar-refractivity contribution in [1.82, 2.24) is 5.32 Å². The molecule has 0 bridgehead atoms. The normalized spacial score (nSPS) is 22.5. The number of halogens is 1. The van der Waals surface area contributed by atoms with E-state index in [2.05, 4.69) is 19.2 Å². The predicted molar refractivity (Wildman–Crippen MR) is 64.0 cm³/mol. The second-order valence-electron chi connectivity index (χ2n) is 4.88. The molecule has 0 aromatic carbocycles. The summed E-state index contributed by atoms with van der Waals surface area (Å²) in [5.41, 5.74) is 0.268. The Hall–Kier alpha value is 0.250. The van der Waals surface area contributed by atoms with Gasteiger partial charge in [0.15, 0.2) is 0 Å². The van der Waals surface area contributed by atoms with Crippen molar-refractivity contribution in [3.05, 3.63) is 0 Å². The van der Waals surface area contributed by atoms with Gasteiger partial charge in [0.1, 0.15) is 0 Å². The van der Waals surface area contributed by atoms with Gasteiger partial charge in [0.2, 0.25) is 0 Å². The van der Waals surface area contributed by atoms with Gasteiger partial charge in [0, 0.05) is 11.4 Å². The quantitative estimate of drug-likeness (QED) is 0.671. The van der Waals surface area contributed by atoms with Gasteiger partial charge in [-0.3, -0.25) is 0 Å². The van der Waals surface area contributed by atoms with E-state index in [0.29, 0.717) is 0 Å². The van der Waals surface area contributed by atoms with Crippen molar-refractivity contribution in [2.45, 2.75) is 57.9 Å². The van der Waals surface area contributed by atoms with Gasteiger partial charge in [-0.15, -0.1) is 11.6 Å². The van der Waals surface area contributed by atoms with Gasteiger partial charge < -0.3 is 5.32 Å². The molecule has 1 aliphatic rings. The van der Waals surface area contributed by atoms with Crippen molar-refractivity contribution in [2.24, 2.45) is 5.92 Å². The van der Waals surface area contributed by atoms with Gasteiger partial charge in [-0.05, 0) is 45.1 Å². The standard InChI is InChI=1S/C12H24ClN/c1-3-12(2,8-9-13)14-10-11-6-4-5-7-11/h11,14H,3-10H2,1-2H3. The third-order valence-corrected chi connectivity index (χ3v) is 3.91. The number of rotatable bonds is 6. The lowest BCUT2D eigenvalue weighted by atomic mass is 9.94. The summed E-state index contributed by atoms with van der Waals surface area (Å²) in [7, 11) is 0. The Kier molecular flexibility index (Phi) is 5.25. The smallest absolute Gasteiger partial charge is 0.0240 e. The molecule has 1 fully saturated rings. The highest BCUT2D eigenvalue weighted by atomic mass is 35.5. The van der Waals surface area contributed by atoms with E-state index in [1.165, 1.54) is 38.6 Å². The fraction of sp³-hybridized carbons (Fsp3) is 1.00. The molecule has 2 heteroatoms. The average Bonchev–Trinajstić information content (AvgIpc) is 2.68. The molecule has 0 aliphatic heterocycles. The summed E-state index contributed by atoms with van der Waals surface area (Å²) in [6.45, 7) is 5.74. The Balaban J connectivity index is 2.25. The van der Waals surface area contributed by atoms with E-state index in [1.54, 1.807) is 0 Å². The molecule has 1 nitrogen and oxygen atoms in total. The molecule has 84 valence electrons. The van der Waals surface area contributed by atoms with Crippen LogP contribution in [0.15, 0.2) is 0 Å². The first kappa shape index (κ1) is 12.3. The molecule has 0 aromatic rings. The molecule has 0 amide bonds. The molecule has 1 saturated carbocycles. The summed E-state index contributed by atoms with van der Waals surface area (Å²) in [6, 6.07) is 0. The van der Waals surface area contributed by atoms with Crippen LogP contribution in [0.2, 0.25) is 0 Å². The number of alkyl halides is 1. The van der Waals surface area contributed by atoms with Crippen LogP contribution in [0.25, 0.3) is 0 Å². The molecule has 1 aliphatic carbocycles. The van der Waals surface area contributed by atoms with E-state index >= 15 is 0 Å². The maximum atomic E-state index is 5.82. The van der Waals surface area contributed by atoms with Gasteiger partial charge in [-0.25, -0.2) is 0 Å². The van der Waals surface area contributed by atoms with Crippen LogP contribution in [0.3, 0.4) is 0 Å². The Morgan fingerprint density at radius 2 is 2.00 bits per heavy atom. The molecule has 1 atom stereocenters. The lowest BCUT2D eigenvalue weighted by Gasteiger charge is -2.30. The first-order valence-electron chi connectivity index (χ1n) is 6.01. The fourth-order valence-electron chi connectivity index (χ4n) is 2.20. The largest absolute Gasteiger partial charge is 0.311 e. The summed E-state index contributed by atoms with van der Waals surface area (Å²) >= 11 is 5.82. The van der Waals surface area contributed by atoms with Gasteiger partial charge in [0.05, 0.1) is 0 Å². The van der Waals surface area contributed by atoms with Crippen LogP contribution in [-0.4, -0.2) is 18.0 Å². The highest BCUT2D eigenvalue weighted by molar-refractivity contribution is 6.17. The number of hydrogen-bond acceptors (Lipinski definition) is 1. The van der Waals surface area contributed by atoms with E-state index in [0.717, 1.165) is 18.2 Å². The molecule has 1 rings (SSSR count). The van der Waals surface area contributed by atoms with Gasteiger partial charge >= 0.3 is 0 Å². The highest BCUT2D eigenvalue weighted by Gasteiger charge is 2.23. The van der Waals surface area contributed by atoms with E-state index < -0.39 is 0 Å². The zero-order valence-electron chi connectivity index (χ0n) is 9.61. The Morgan fingerprint density at radius 3 is 2.50 bits per heavy atom. The van der Waals surface area contributed by atoms with Gasteiger partial charge in [-0.1, -0.05) is 19.8 Å². The SMILES string of the molecule is CCC(C)(CCCl)NCC1CCCC1. The molecule has 1 N–H and O–H groups in total. The molecule has 0 heterocycles. The third-order valence-electron chi connectivity index (χ3n) is 3.72. The second-order valence-corrected chi connectivity index (χ2v) is 5.26. The maximum Gasteiger partial charge on any atom is 0.0240 e. The van der Waals surface area contributed by atoms with E-state index in [1.807, 2.05) is 0 Å². The average molecular weight is 218 g/mol. The van der Waals surface area contributed by atoms with Crippen LogP contribution < -0.4 is 5.32 Å². The van der Waals surface area contributed by atoms with Gasteiger partial charge in [-0.2, -0.15) is 0 Å². The molecular formula is C12H24ClN. The fourth-order valence-corrected chi connectivity index (χ4v) is 2.62. The Morgan fingerprint density at radius 1 is 1.36 bits per heavy atom. The summed E-state index contributed by atoms with van der Waals surface area (Å²) in [5.74, 6) is 1.69. The predicted octanol–water partition coefficient (Wildman–Crippen LogP) is 3.56. The Labute approximate surface area is 93.6 Å². The monoisotopic (exact) mass is 217 g/mol. The van der Waals surface area contributed by atoms with Crippen molar-refractivity contribution in [1.29, 1.82) is 0 Å². The lowest BCUT2D eigenvalue weighted by Crippen LogP contribution is -2.44. The van der Waals surface area contributed by atoms with Crippen LogP contribution in [-0.2, 0) is 0 Å². The minimum atomic E-state index is 0.268. The first-order valence-corrected chi connectivity index (χ1v) is 6.54. The Bertz CT molecular complexity index is 154. The zero-order chi connectivity index (χ0) is 10.4. The van der Waals surface area contributed by atoms with Crippen molar-refractivity contribution in [3.8, 4) is 0 Å². The van der Waals surface area contributed by atoms with Crippen LogP contribution in [0, 0.1) is 5.92 Å². The molecule has 0 radical (unpaired) electrons. The van der Waals surface area contributed by atoms with Crippen LogP contribution in [0.4, 0.5) is 0 Å². The number of hydrogen-bond donors (Lipinski definition) is 1. The second kappa shape index (κ2) is 5.97. The van der Waals surface area contributed by atoms with Crippen LogP contribution >= 0.6 is 11.6 Å². The minimum Gasteiger partial charge on any atom is -0.311 e. The van der Waals surface area contributed by atoms with E-state index in [9.17, 15) is 0 Å². The molecule has 0 spiro atoms. The molecule has 1 unspecified atom stereocenters. The summed E-state index contributed by atoms with van der Waals surface area (Å²) in [6.07, 6.45) is 7.97. The van der Waals surface area contributed by atoms with E-state index in [-0.39, 0.29) is 5.54 Å². The van der Waals surface area contributed by atoms with Crippen molar-refractivity contribution in [3.63, 3.8) is 0 Å². The summed E-state index contributed by atoms with van der Waals surface area (Å²) in [5, 5.41) is 3.70. The van der Waals surface area contributed by atoms with Gasteiger partial charge in [0.25, 0.3) is 0 Å². The van der Waals surface area contributed by atoms with Crippen molar-refractivity contribution < 1.29 is 0 Å². The maximum absolute atomic E-state index is 5.82. The molecule has 14 heavy (non-hydrogen) atoms. The first-order chi connectivity index (χ1) is 6.70. The van der Waals surface area contributed by atoms with Crippen molar-refractivity contribution >= 4 is 11.6 Å². The van der Waals surface area contributed by atoms with Crippen LogP contribution in [0.5, 0.6) is 0 Å². The molecule has 0 saturated heterocycles. The minimum absolute atomic E-state index is 0.268. The number of nitrogens with one attached hydrogen (secondary N) is 1. The lowest BCUT2D eigenvalue weighted by molar-refractivity contribution is 0.306.